The van der Waals surface area contributed by atoms with E-state index in [9.17, 15) is 4.79 Å². The van der Waals surface area contributed by atoms with Crippen LogP contribution in [0.4, 0.5) is 0 Å². The van der Waals surface area contributed by atoms with Crippen LogP contribution in [0.2, 0.25) is 0 Å². The van der Waals surface area contributed by atoms with Crippen molar-refractivity contribution in [2.24, 2.45) is 0 Å². The van der Waals surface area contributed by atoms with Gasteiger partial charge in [0.05, 0.1) is 0 Å². The zero-order chi connectivity index (χ0) is 8.10. The number of hydrogen-bond acceptors (Lipinski definition) is 1. The van der Waals surface area contributed by atoms with Gasteiger partial charge >= 0.3 is 0 Å². The second-order valence-corrected chi connectivity index (χ2v) is 3.32. The molecule has 1 radical (unpaired) electrons. The topological polar surface area (TPSA) is 17.1 Å². The van der Waals surface area contributed by atoms with Crippen molar-refractivity contribution in [1.29, 1.82) is 0 Å². The lowest BCUT2D eigenvalue weighted by molar-refractivity contribution is 0.563. The Morgan fingerprint density at radius 1 is 1.27 bits per heavy atom. The van der Waals surface area contributed by atoms with E-state index in [0.717, 1.165) is 10.8 Å². The van der Waals surface area contributed by atoms with Gasteiger partial charge in [-0.1, -0.05) is 46.9 Å². The normalized spacial score (nSPS) is 9.55. The fourth-order valence-electron chi connectivity index (χ4n) is 0.849. The van der Waals surface area contributed by atoms with Crippen molar-refractivity contribution in [3.63, 3.8) is 0 Å². The fourth-order valence-corrected chi connectivity index (χ4v) is 1.47. The SMILES string of the molecule is O=[C]c1ccc(CCI)cc1. The first-order valence-corrected chi connectivity index (χ1v) is 4.92. The minimum Gasteiger partial charge on any atom is -0.285 e. The molecule has 0 aliphatic heterocycles. The zero-order valence-corrected chi connectivity index (χ0v) is 8.17. The van der Waals surface area contributed by atoms with E-state index in [-0.39, 0.29) is 0 Å². The van der Waals surface area contributed by atoms with Gasteiger partial charge in [0.15, 0.2) is 0 Å². The molecule has 2 heteroatoms. The summed E-state index contributed by atoms with van der Waals surface area (Å²) in [5.74, 6) is 0. The van der Waals surface area contributed by atoms with Crippen molar-refractivity contribution in [1.82, 2.24) is 0 Å². The summed E-state index contributed by atoms with van der Waals surface area (Å²) in [6.07, 6.45) is 2.91. The van der Waals surface area contributed by atoms with E-state index in [4.69, 9.17) is 0 Å². The molecule has 0 spiro atoms. The molecule has 0 aromatic heterocycles. The third kappa shape index (κ3) is 2.61. The van der Waals surface area contributed by atoms with Gasteiger partial charge in [0, 0.05) is 9.99 Å². The number of alkyl halides is 1. The molecule has 0 amide bonds. The number of hydrogen-bond donors (Lipinski definition) is 0. The smallest absolute Gasteiger partial charge is 0.233 e. The number of aryl methyl sites for hydroxylation is 1. The standard InChI is InChI=1S/C9H8IO/c10-6-5-8-1-3-9(7-11)4-2-8/h1-4H,5-6H2. The van der Waals surface area contributed by atoms with E-state index in [1.54, 1.807) is 12.1 Å². The van der Waals surface area contributed by atoms with Gasteiger partial charge in [-0.15, -0.1) is 0 Å². The minimum absolute atomic E-state index is 0.627. The molecule has 0 unspecified atom stereocenters. The Labute approximate surface area is 79.9 Å². The quantitative estimate of drug-likeness (QED) is 0.600. The lowest BCUT2D eigenvalue weighted by atomic mass is 10.1. The average molecular weight is 259 g/mol. The van der Waals surface area contributed by atoms with Crippen molar-refractivity contribution in [2.75, 3.05) is 4.43 Å². The van der Waals surface area contributed by atoms with E-state index in [1.807, 2.05) is 18.4 Å². The van der Waals surface area contributed by atoms with Gasteiger partial charge in [-0.2, -0.15) is 0 Å². The van der Waals surface area contributed by atoms with Crippen LogP contribution in [0, 0.1) is 0 Å². The summed E-state index contributed by atoms with van der Waals surface area (Å²) < 4.78 is 1.11. The second kappa shape index (κ2) is 4.49. The maximum atomic E-state index is 10.1. The van der Waals surface area contributed by atoms with E-state index < -0.39 is 0 Å². The van der Waals surface area contributed by atoms with Crippen LogP contribution in [0.5, 0.6) is 0 Å². The molecule has 0 fully saturated rings. The third-order valence-corrected chi connectivity index (χ3v) is 1.99. The molecule has 11 heavy (non-hydrogen) atoms. The van der Waals surface area contributed by atoms with Crippen molar-refractivity contribution < 1.29 is 4.79 Å². The van der Waals surface area contributed by atoms with Crippen molar-refractivity contribution in [3.8, 4) is 0 Å². The third-order valence-electron chi connectivity index (χ3n) is 1.45. The van der Waals surface area contributed by atoms with Crippen molar-refractivity contribution in [3.05, 3.63) is 35.4 Å². The average Bonchev–Trinajstić information content (AvgIpc) is 2.07. The molecule has 0 bridgehead atoms. The molecule has 0 aliphatic rings. The van der Waals surface area contributed by atoms with E-state index in [0.29, 0.717) is 5.56 Å². The first-order chi connectivity index (χ1) is 5.36. The largest absolute Gasteiger partial charge is 0.285 e. The second-order valence-electron chi connectivity index (χ2n) is 2.24. The molecular weight excluding hydrogens is 251 g/mol. The van der Waals surface area contributed by atoms with Crippen LogP contribution in [0.15, 0.2) is 24.3 Å². The number of halogens is 1. The van der Waals surface area contributed by atoms with Gasteiger partial charge in [-0.05, 0) is 12.0 Å². The fraction of sp³-hybridized carbons (Fsp3) is 0.222. The first kappa shape index (κ1) is 8.71. The highest BCUT2D eigenvalue weighted by molar-refractivity contribution is 14.1. The van der Waals surface area contributed by atoms with Crippen LogP contribution in [0.25, 0.3) is 0 Å². The Bertz CT molecular complexity index is 228. The van der Waals surface area contributed by atoms with Crippen LogP contribution in [0.3, 0.4) is 0 Å². The van der Waals surface area contributed by atoms with Crippen LogP contribution in [-0.4, -0.2) is 10.7 Å². The van der Waals surface area contributed by atoms with Gasteiger partial charge in [0.2, 0.25) is 6.29 Å². The highest BCUT2D eigenvalue weighted by Crippen LogP contribution is 2.04. The Morgan fingerprint density at radius 3 is 2.36 bits per heavy atom. The van der Waals surface area contributed by atoms with Gasteiger partial charge < -0.3 is 0 Å². The van der Waals surface area contributed by atoms with Gasteiger partial charge in [-0.25, -0.2) is 0 Å². The number of rotatable bonds is 3. The number of carbonyl (C=O) groups excluding carboxylic acids is 1. The summed E-state index contributed by atoms with van der Waals surface area (Å²) >= 11 is 2.33. The Hall–Kier alpha value is -0.380. The maximum Gasteiger partial charge on any atom is 0.233 e. The Morgan fingerprint density at radius 2 is 1.91 bits per heavy atom. The molecule has 0 saturated carbocycles. The van der Waals surface area contributed by atoms with E-state index >= 15 is 0 Å². The van der Waals surface area contributed by atoms with E-state index in [1.165, 1.54) is 5.56 Å². The molecule has 1 aromatic rings. The Balaban J connectivity index is 2.74. The van der Waals surface area contributed by atoms with Crippen molar-refractivity contribution >= 4 is 28.9 Å². The summed E-state index contributed by atoms with van der Waals surface area (Å²) in [5.41, 5.74) is 1.90. The zero-order valence-electron chi connectivity index (χ0n) is 6.01. The molecule has 57 valence electrons. The monoisotopic (exact) mass is 259 g/mol. The van der Waals surface area contributed by atoms with Crippen LogP contribution >= 0.6 is 22.6 Å². The molecule has 1 aromatic carbocycles. The molecule has 1 rings (SSSR count). The lowest BCUT2D eigenvalue weighted by Gasteiger charge is -1.95. The predicted molar refractivity (Wildman–Crippen MR) is 53.8 cm³/mol. The molecule has 0 N–H and O–H groups in total. The van der Waals surface area contributed by atoms with Gasteiger partial charge in [0.25, 0.3) is 0 Å². The molecule has 0 atom stereocenters. The summed E-state index contributed by atoms with van der Waals surface area (Å²) in [6.45, 7) is 0. The van der Waals surface area contributed by atoms with Gasteiger partial charge in [-0.3, -0.25) is 4.79 Å². The minimum atomic E-state index is 0.627. The molecule has 0 saturated heterocycles. The molecular formula is C9H8IO. The van der Waals surface area contributed by atoms with E-state index in [2.05, 4.69) is 22.6 Å². The van der Waals surface area contributed by atoms with Crippen LogP contribution < -0.4 is 0 Å². The highest BCUT2D eigenvalue weighted by atomic mass is 127. The summed E-state index contributed by atoms with van der Waals surface area (Å²) in [7, 11) is 0. The first-order valence-electron chi connectivity index (χ1n) is 3.40. The van der Waals surface area contributed by atoms with Crippen LogP contribution in [0.1, 0.15) is 11.1 Å². The lowest BCUT2D eigenvalue weighted by Crippen LogP contribution is -1.86. The maximum absolute atomic E-state index is 10.1. The predicted octanol–water partition coefficient (Wildman–Crippen LogP) is 2.12. The Kier molecular flexibility index (Phi) is 3.56. The number of benzene rings is 1. The molecule has 1 nitrogen and oxygen atoms in total. The molecule has 0 aliphatic carbocycles. The summed E-state index contributed by atoms with van der Waals surface area (Å²) in [6, 6.07) is 7.54. The van der Waals surface area contributed by atoms with Crippen LogP contribution in [-0.2, 0) is 11.2 Å². The van der Waals surface area contributed by atoms with Gasteiger partial charge in [0.1, 0.15) is 0 Å². The summed E-state index contributed by atoms with van der Waals surface area (Å²) in [5, 5.41) is 0. The van der Waals surface area contributed by atoms with Crippen molar-refractivity contribution in [2.45, 2.75) is 6.42 Å². The summed E-state index contributed by atoms with van der Waals surface area (Å²) in [4.78, 5) is 10.1. The molecule has 0 heterocycles. The highest BCUT2D eigenvalue weighted by Gasteiger charge is 1.92.